The van der Waals surface area contributed by atoms with Gasteiger partial charge in [0.05, 0.1) is 0 Å². The normalized spacial score (nSPS) is 14.2. The molecular formula is C8H16N4S. The van der Waals surface area contributed by atoms with Gasteiger partial charge in [-0.25, -0.2) is 0 Å². The molecule has 1 unspecified atom stereocenters. The molecule has 0 aliphatic rings. The molecule has 4 nitrogen and oxygen atoms in total. The predicted molar refractivity (Wildman–Crippen MR) is 55.8 cm³/mol. The molecule has 0 aliphatic heterocycles. The number of nitrogens with one attached hydrogen (secondary N) is 1. The Balaban J connectivity index is 2.60. The zero-order chi connectivity index (χ0) is 9.90. The summed E-state index contributed by atoms with van der Waals surface area (Å²) in [6.45, 7) is 7.05. The molecule has 3 N–H and O–H groups in total. The zero-order valence-corrected chi connectivity index (χ0v) is 9.06. The molecule has 1 aromatic rings. The van der Waals surface area contributed by atoms with Gasteiger partial charge in [-0.3, -0.25) is 0 Å². The van der Waals surface area contributed by atoms with E-state index in [-0.39, 0.29) is 11.5 Å². The molecule has 1 aromatic heterocycles. The first-order valence-electron chi connectivity index (χ1n) is 4.27. The second-order valence-corrected chi connectivity index (χ2v) is 4.88. The van der Waals surface area contributed by atoms with Crippen LogP contribution in [0.5, 0.6) is 0 Å². The first kappa shape index (κ1) is 10.4. The number of hydrogen-bond acceptors (Lipinski definition) is 5. The molecular weight excluding hydrogens is 184 g/mol. The summed E-state index contributed by atoms with van der Waals surface area (Å²) in [5.74, 6) is 0. The van der Waals surface area contributed by atoms with Crippen molar-refractivity contribution in [2.75, 3.05) is 11.9 Å². The first-order chi connectivity index (χ1) is 6.04. The number of aromatic nitrogens is 2. The minimum absolute atomic E-state index is 0.139. The maximum atomic E-state index is 5.67. The van der Waals surface area contributed by atoms with Gasteiger partial charge in [-0.15, -0.1) is 10.2 Å². The van der Waals surface area contributed by atoms with Crippen LogP contribution >= 0.6 is 11.3 Å². The fourth-order valence-electron chi connectivity index (χ4n) is 1.01. The Morgan fingerprint density at radius 1 is 1.62 bits per heavy atom. The quantitative estimate of drug-likeness (QED) is 0.772. The van der Waals surface area contributed by atoms with E-state index in [4.69, 9.17) is 5.73 Å². The fourth-order valence-corrected chi connectivity index (χ4v) is 1.51. The summed E-state index contributed by atoms with van der Waals surface area (Å²) >= 11 is 1.49. The van der Waals surface area contributed by atoms with E-state index in [1.54, 1.807) is 5.51 Å². The van der Waals surface area contributed by atoms with Crippen LogP contribution in [-0.2, 0) is 0 Å². The van der Waals surface area contributed by atoms with Gasteiger partial charge >= 0.3 is 0 Å². The molecule has 0 aromatic carbocycles. The maximum Gasteiger partial charge on any atom is 0.205 e. The van der Waals surface area contributed by atoms with E-state index in [1.165, 1.54) is 11.3 Å². The lowest BCUT2D eigenvalue weighted by Gasteiger charge is -2.29. The van der Waals surface area contributed by atoms with Gasteiger partial charge in [0.2, 0.25) is 5.13 Å². The van der Waals surface area contributed by atoms with Crippen molar-refractivity contribution < 1.29 is 0 Å². The third-order valence-electron chi connectivity index (χ3n) is 1.94. The summed E-state index contributed by atoms with van der Waals surface area (Å²) in [7, 11) is 0. The van der Waals surface area contributed by atoms with Crippen molar-refractivity contribution in [1.82, 2.24) is 10.2 Å². The number of rotatable bonds is 3. The smallest absolute Gasteiger partial charge is 0.205 e. The van der Waals surface area contributed by atoms with Crippen LogP contribution in [0.2, 0.25) is 0 Å². The summed E-state index contributed by atoms with van der Waals surface area (Å²) < 4.78 is 0. The lowest BCUT2D eigenvalue weighted by Crippen LogP contribution is -2.40. The average Bonchev–Trinajstić information content (AvgIpc) is 2.49. The summed E-state index contributed by atoms with van der Waals surface area (Å²) in [6, 6.07) is 0.237. The van der Waals surface area contributed by atoms with E-state index in [0.29, 0.717) is 6.54 Å². The monoisotopic (exact) mass is 200 g/mol. The Bertz CT molecular complexity index is 239. The molecule has 0 amide bonds. The summed E-state index contributed by atoms with van der Waals surface area (Å²) in [6.07, 6.45) is 0. The molecule has 0 aliphatic carbocycles. The Morgan fingerprint density at radius 2 is 2.31 bits per heavy atom. The van der Waals surface area contributed by atoms with Crippen molar-refractivity contribution in [3.05, 3.63) is 5.51 Å². The standard InChI is InChI=1S/C8H16N4S/c1-8(2,3)6(4-9)11-7-12-10-5-13-7/h5-6H,4,9H2,1-3H3,(H,11,12). The van der Waals surface area contributed by atoms with Crippen molar-refractivity contribution in [3.63, 3.8) is 0 Å². The van der Waals surface area contributed by atoms with Gasteiger partial charge in [0.15, 0.2) is 0 Å². The second-order valence-electron chi connectivity index (χ2n) is 4.04. The second kappa shape index (κ2) is 4.02. The van der Waals surface area contributed by atoms with Crippen molar-refractivity contribution in [2.24, 2.45) is 11.1 Å². The molecule has 13 heavy (non-hydrogen) atoms. The van der Waals surface area contributed by atoms with Crippen LogP contribution in [0.25, 0.3) is 0 Å². The molecule has 0 bridgehead atoms. The average molecular weight is 200 g/mol. The molecule has 5 heteroatoms. The van der Waals surface area contributed by atoms with E-state index in [0.717, 1.165) is 5.13 Å². The Morgan fingerprint density at radius 3 is 2.69 bits per heavy atom. The van der Waals surface area contributed by atoms with Gasteiger partial charge in [-0.2, -0.15) is 0 Å². The van der Waals surface area contributed by atoms with E-state index < -0.39 is 0 Å². The van der Waals surface area contributed by atoms with E-state index >= 15 is 0 Å². The van der Waals surface area contributed by atoms with Crippen LogP contribution < -0.4 is 11.1 Å². The van der Waals surface area contributed by atoms with Crippen molar-refractivity contribution >= 4 is 16.5 Å². The third kappa shape index (κ3) is 2.93. The van der Waals surface area contributed by atoms with Crippen LogP contribution in [0.3, 0.4) is 0 Å². The third-order valence-corrected chi connectivity index (χ3v) is 2.56. The zero-order valence-electron chi connectivity index (χ0n) is 8.24. The highest BCUT2D eigenvalue weighted by atomic mass is 32.1. The van der Waals surface area contributed by atoms with Gasteiger partial charge in [0, 0.05) is 12.6 Å². The molecule has 0 saturated carbocycles. The predicted octanol–water partition coefficient (Wildman–Crippen LogP) is 1.32. The van der Waals surface area contributed by atoms with Crippen molar-refractivity contribution in [1.29, 1.82) is 0 Å². The maximum absolute atomic E-state index is 5.67. The molecule has 0 saturated heterocycles. The van der Waals surface area contributed by atoms with E-state index in [1.807, 2.05) is 0 Å². The minimum Gasteiger partial charge on any atom is -0.356 e. The summed E-state index contributed by atoms with van der Waals surface area (Å²) in [4.78, 5) is 0. The SMILES string of the molecule is CC(C)(C)C(CN)Nc1nncs1. The van der Waals surface area contributed by atoms with Crippen LogP contribution in [0.1, 0.15) is 20.8 Å². The highest BCUT2D eigenvalue weighted by Gasteiger charge is 2.23. The Hall–Kier alpha value is -0.680. The highest BCUT2D eigenvalue weighted by Crippen LogP contribution is 2.22. The minimum atomic E-state index is 0.139. The van der Waals surface area contributed by atoms with Gasteiger partial charge in [-0.1, -0.05) is 32.1 Å². The van der Waals surface area contributed by atoms with Crippen LogP contribution in [-0.4, -0.2) is 22.8 Å². The van der Waals surface area contributed by atoms with Gasteiger partial charge in [0.1, 0.15) is 5.51 Å². The van der Waals surface area contributed by atoms with Crippen molar-refractivity contribution in [2.45, 2.75) is 26.8 Å². The fraction of sp³-hybridized carbons (Fsp3) is 0.750. The molecule has 1 rings (SSSR count). The van der Waals surface area contributed by atoms with Crippen molar-refractivity contribution in [3.8, 4) is 0 Å². The van der Waals surface area contributed by atoms with Crippen LogP contribution in [0, 0.1) is 5.41 Å². The first-order valence-corrected chi connectivity index (χ1v) is 5.15. The number of anilines is 1. The topological polar surface area (TPSA) is 63.8 Å². The van der Waals surface area contributed by atoms with Gasteiger partial charge < -0.3 is 11.1 Å². The lowest BCUT2D eigenvalue weighted by atomic mass is 9.87. The molecule has 0 fully saturated rings. The van der Waals surface area contributed by atoms with E-state index in [9.17, 15) is 0 Å². The molecule has 74 valence electrons. The Labute approximate surface area is 82.6 Å². The summed E-state index contributed by atoms with van der Waals surface area (Å²) in [5.41, 5.74) is 7.52. The lowest BCUT2D eigenvalue weighted by molar-refractivity contribution is 0.345. The molecule has 0 spiro atoms. The molecule has 0 radical (unpaired) electrons. The highest BCUT2D eigenvalue weighted by molar-refractivity contribution is 7.13. The largest absolute Gasteiger partial charge is 0.356 e. The van der Waals surface area contributed by atoms with Gasteiger partial charge in [0.25, 0.3) is 0 Å². The number of hydrogen-bond donors (Lipinski definition) is 2. The van der Waals surface area contributed by atoms with E-state index in [2.05, 4.69) is 36.3 Å². The molecule has 1 atom stereocenters. The number of nitrogens with two attached hydrogens (primary N) is 1. The van der Waals surface area contributed by atoms with Crippen LogP contribution in [0.4, 0.5) is 5.13 Å². The number of nitrogens with zero attached hydrogens (tertiary/aromatic N) is 2. The summed E-state index contributed by atoms with van der Waals surface area (Å²) in [5, 5.41) is 11.8. The van der Waals surface area contributed by atoms with Gasteiger partial charge in [-0.05, 0) is 5.41 Å². The molecule has 1 heterocycles. The van der Waals surface area contributed by atoms with Crippen LogP contribution in [0.15, 0.2) is 5.51 Å². The Kier molecular flexibility index (Phi) is 3.22.